The van der Waals surface area contributed by atoms with Crippen LogP contribution in [0.25, 0.3) is 0 Å². The number of esters is 2. The Hall–Kier alpha value is -2.16. The molecule has 0 aromatic rings. The van der Waals surface area contributed by atoms with Gasteiger partial charge in [-0.1, -0.05) is 0 Å². The molecule has 1 unspecified atom stereocenters. The molecule has 0 bridgehead atoms. The molecular formula is C10H12N2O5. The van der Waals surface area contributed by atoms with Crippen molar-refractivity contribution in [1.82, 2.24) is 0 Å². The van der Waals surface area contributed by atoms with Crippen LogP contribution in [-0.4, -0.2) is 43.7 Å². The third kappa shape index (κ3) is 3.14. The fraction of sp³-hybridized carbons (Fsp3) is 0.500. The molecular weight excluding hydrogens is 228 g/mol. The van der Waals surface area contributed by atoms with E-state index in [1.807, 2.05) is 0 Å². The first kappa shape index (κ1) is 14.8. The molecule has 0 radical (unpaired) electrons. The fourth-order valence-electron chi connectivity index (χ4n) is 1.10. The first-order valence-corrected chi connectivity index (χ1v) is 4.48. The van der Waals surface area contributed by atoms with Gasteiger partial charge in [0, 0.05) is 6.42 Å². The summed E-state index contributed by atoms with van der Waals surface area (Å²) in [5.41, 5.74) is -2.25. The largest absolute Gasteiger partial charge is 0.468 e. The van der Waals surface area contributed by atoms with E-state index in [4.69, 9.17) is 15.8 Å². The molecule has 0 aliphatic carbocycles. The normalized spacial score (nSPS) is 12.6. The number of nitrogens with one attached hydrogen (secondary N) is 1. The van der Waals surface area contributed by atoms with Gasteiger partial charge in [-0.05, 0) is 5.87 Å². The Labute approximate surface area is 97.8 Å². The van der Waals surface area contributed by atoms with Crippen molar-refractivity contribution in [2.75, 3.05) is 20.8 Å². The molecule has 1 atom stereocenters. The lowest BCUT2D eigenvalue weighted by Crippen LogP contribution is -2.36. The van der Waals surface area contributed by atoms with Crippen LogP contribution in [0.3, 0.4) is 0 Å². The predicted molar refractivity (Wildman–Crippen MR) is 55.0 cm³/mol. The van der Waals surface area contributed by atoms with Gasteiger partial charge in [-0.2, -0.15) is 5.26 Å². The van der Waals surface area contributed by atoms with Crippen LogP contribution in [-0.2, 0) is 19.1 Å². The van der Waals surface area contributed by atoms with Crippen LogP contribution in [0.15, 0.2) is 5.57 Å². The Morgan fingerprint density at radius 1 is 1.41 bits per heavy atom. The van der Waals surface area contributed by atoms with Gasteiger partial charge in [0.25, 0.3) is 0 Å². The van der Waals surface area contributed by atoms with E-state index in [0.29, 0.717) is 0 Å². The molecule has 0 heterocycles. The lowest BCUT2D eigenvalue weighted by Gasteiger charge is -2.20. The second-order valence-corrected chi connectivity index (χ2v) is 3.12. The van der Waals surface area contributed by atoms with Crippen LogP contribution in [0.2, 0.25) is 0 Å². The molecule has 0 aromatic carbocycles. The van der Waals surface area contributed by atoms with Gasteiger partial charge in [0.1, 0.15) is 5.57 Å². The summed E-state index contributed by atoms with van der Waals surface area (Å²) in [4.78, 5) is 22.6. The second kappa shape index (κ2) is 6.43. The molecule has 0 aliphatic rings. The predicted octanol–water partition coefficient (Wildman–Crippen LogP) is -0.600. The van der Waals surface area contributed by atoms with E-state index in [0.717, 1.165) is 14.2 Å². The lowest BCUT2D eigenvalue weighted by atomic mass is 9.84. The van der Waals surface area contributed by atoms with Crippen LogP contribution >= 0.6 is 0 Å². The molecule has 0 saturated carbocycles. The Morgan fingerprint density at radius 2 is 2.00 bits per heavy atom. The molecule has 0 rings (SSSR count). The number of hydrogen-bond acceptors (Lipinski definition) is 7. The number of nitriles is 1. The molecule has 0 spiro atoms. The molecule has 7 nitrogen and oxygen atoms in total. The van der Waals surface area contributed by atoms with Crippen molar-refractivity contribution in [1.29, 1.82) is 10.7 Å². The van der Waals surface area contributed by atoms with Crippen LogP contribution < -0.4 is 0 Å². The van der Waals surface area contributed by atoms with E-state index < -0.39 is 30.4 Å². The van der Waals surface area contributed by atoms with Crippen molar-refractivity contribution in [3.63, 3.8) is 0 Å². The lowest BCUT2D eigenvalue weighted by molar-refractivity contribution is -0.151. The van der Waals surface area contributed by atoms with E-state index in [-0.39, 0.29) is 5.57 Å². The van der Waals surface area contributed by atoms with Crippen LogP contribution in [0.5, 0.6) is 0 Å². The molecule has 2 N–H and O–H groups in total. The second-order valence-electron chi connectivity index (χ2n) is 3.12. The molecule has 7 heteroatoms. The molecule has 92 valence electrons. The van der Waals surface area contributed by atoms with Crippen molar-refractivity contribution < 1.29 is 24.2 Å². The number of rotatable bonds is 5. The summed E-state index contributed by atoms with van der Waals surface area (Å²) in [7, 11) is 2.14. The van der Waals surface area contributed by atoms with Crippen molar-refractivity contribution >= 4 is 17.8 Å². The standard InChI is InChI=1S/C10H12N2O5/c1-16-8(14)7(4-11)3-10(5-12,6-13)9(15)17-2/h11,13H,3,6H2,1-2H3. The Morgan fingerprint density at radius 3 is 2.29 bits per heavy atom. The Kier molecular flexibility index (Phi) is 5.61. The van der Waals surface area contributed by atoms with Gasteiger partial charge in [0.2, 0.25) is 0 Å². The van der Waals surface area contributed by atoms with Crippen molar-refractivity contribution in [2.45, 2.75) is 6.42 Å². The van der Waals surface area contributed by atoms with E-state index >= 15 is 0 Å². The van der Waals surface area contributed by atoms with Crippen LogP contribution in [0.1, 0.15) is 6.42 Å². The minimum atomic E-state index is -1.92. The minimum absolute atomic E-state index is 0.325. The van der Waals surface area contributed by atoms with Gasteiger partial charge in [-0.3, -0.25) is 10.2 Å². The van der Waals surface area contributed by atoms with Crippen molar-refractivity contribution in [3.05, 3.63) is 5.57 Å². The quantitative estimate of drug-likeness (QED) is 0.376. The Bertz CT molecular complexity index is 405. The Balaban J connectivity index is 5.28. The highest BCUT2D eigenvalue weighted by Crippen LogP contribution is 2.26. The maximum atomic E-state index is 11.4. The van der Waals surface area contributed by atoms with Crippen LogP contribution in [0, 0.1) is 22.2 Å². The third-order valence-corrected chi connectivity index (χ3v) is 2.12. The van der Waals surface area contributed by atoms with Gasteiger partial charge in [0.15, 0.2) is 5.41 Å². The van der Waals surface area contributed by atoms with Gasteiger partial charge < -0.3 is 14.6 Å². The molecule has 17 heavy (non-hydrogen) atoms. The monoisotopic (exact) mass is 240 g/mol. The van der Waals surface area contributed by atoms with E-state index in [1.165, 1.54) is 0 Å². The molecule has 0 aromatic heterocycles. The zero-order valence-electron chi connectivity index (χ0n) is 9.44. The summed E-state index contributed by atoms with van der Waals surface area (Å²) in [5, 5.41) is 24.9. The molecule has 0 amide bonds. The zero-order chi connectivity index (χ0) is 13.5. The first-order valence-electron chi connectivity index (χ1n) is 4.48. The van der Waals surface area contributed by atoms with E-state index in [1.54, 1.807) is 11.9 Å². The highest BCUT2D eigenvalue weighted by Gasteiger charge is 2.42. The van der Waals surface area contributed by atoms with Crippen molar-refractivity contribution in [2.24, 2.45) is 5.41 Å². The zero-order valence-corrected chi connectivity index (χ0v) is 9.44. The maximum Gasteiger partial charge on any atom is 0.343 e. The minimum Gasteiger partial charge on any atom is -0.468 e. The number of carbonyl (C=O) groups excluding carboxylic acids is 2. The van der Waals surface area contributed by atoms with Gasteiger partial charge in [-0.25, -0.2) is 4.79 Å². The summed E-state index contributed by atoms with van der Waals surface area (Å²) < 4.78 is 8.73. The summed E-state index contributed by atoms with van der Waals surface area (Å²) in [6.45, 7) is -0.835. The number of carbonyl (C=O) groups is 2. The first-order chi connectivity index (χ1) is 8.01. The topological polar surface area (TPSA) is 120 Å². The third-order valence-electron chi connectivity index (χ3n) is 2.12. The number of aliphatic hydroxyl groups excluding tert-OH is 1. The maximum absolute atomic E-state index is 11.4. The number of aliphatic hydroxyl groups is 1. The van der Waals surface area contributed by atoms with Crippen molar-refractivity contribution in [3.8, 4) is 6.07 Å². The molecule has 0 fully saturated rings. The van der Waals surface area contributed by atoms with Gasteiger partial charge in [0.05, 0.1) is 26.9 Å². The summed E-state index contributed by atoms with van der Waals surface area (Å²) >= 11 is 0. The summed E-state index contributed by atoms with van der Waals surface area (Å²) in [5.74, 6) is -0.101. The smallest absolute Gasteiger partial charge is 0.343 e. The number of methoxy groups -OCH3 is 2. The SMILES string of the molecule is COC(=O)C(=C=N)CC(C#N)(CO)C(=O)OC. The van der Waals surface area contributed by atoms with E-state index in [9.17, 15) is 9.59 Å². The summed E-state index contributed by atoms with van der Waals surface area (Å²) in [6, 6.07) is 1.58. The number of hydrogen-bond donors (Lipinski definition) is 2. The molecule has 0 saturated heterocycles. The number of nitrogens with zero attached hydrogens (tertiary/aromatic N) is 1. The summed E-state index contributed by atoms with van der Waals surface area (Å²) in [6.07, 6.45) is -0.497. The van der Waals surface area contributed by atoms with Crippen LogP contribution in [0.4, 0.5) is 0 Å². The molecule has 0 aliphatic heterocycles. The fourth-order valence-corrected chi connectivity index (χ4v) is 1.10. The average Bonchev–Trinajstić information content (AvgIpc) is 2.39. The van der Waals surface area contributed by atoms with Gasteiger partial charge in [-0.15, -0.1) is 0 Å². The highest BCUT2D eigenvalue weighted by atomic mass is 16.5. The number of ether oxygens (including phenoxy) is 2. The van der Waals surface area contributed by atoms with E-state index in [2.05, 4.69) is 9.47 Å². The average molecular weight is 240 g/mol. The van der Waals surface area contributed by atoms with Gasteiger partial charge >= 0.3 is 11.9 Å². The highest BCUT2D eigenvalue weighted by molar-refractivity contribution is 5.98.